The molecular formula is C7H4N3O6-. The van der Waals surface area contributed by atoms with Gasteiger partial charge in [0, 0.05) is 17.7 Å². The third-order valence-corrected chi connectivity index (χ3v) is 1.77. The third kappa shape index (κ3) is 1.87. The van der Waals surface area contributed by atoms with Crippen LogP contribution >= 0.6 is 0 Å². The van der Waals surface area contributed by atoms with Crippen LogP contribution < -0.4 is 10.8 Å². The fourth-order valence-corrected chi connectivity index (χ4v) is 1.04. The minimum absolute atomic E-state index is 0.609. The SMILES string of the molecule is Nc1c([N+](=O)[O-])cc(C(=O)[O-])cc1[N+](=O)[O-]. The molecular weight excluding hydrogens is 222 g/mol. The van der Waals surface area contributed by atoms with Gasteiger partial charge in [-0.05, 0) is 0 Å². The maximum Gasteiger partial charge on any atom is 0.299 e. The highest BCUT2D eigenvalue weighted by Gasteiger charge is 2.24. The molecule has 1 aromatic rings. The Morgan fingerprint density at radius 1 is 1.12 bits per heavy atom. The minimum atomic E-state index is -1.76. The fourth-order valence-electron chi connectivity index (χ4n) is 1.04. The van der Waals surface area contributed by atoms with E-state index in [0.29, 0.717) is 12.1 Å². The van der Waals surface area contributed by atoms with Crippen molar-refractivity contribution in [3.8, 4) is 0 Å². The lowest BCUT2D eigenvalue weighted by atomic mass is 10.1. The highest BCUT2D eigenvalue weighted by Crippen LogP contribution is 2.32. The molecule has 2 N–H and O–H groups in total. The number of carbonyl (C=O) groups is 1. The zero-order valence-electron chi connectivity index (χ0n) is 7.58. The zero-order chi connectivity index (χ0) is 12.5. The van der Waals surface area contributed by atoms with Crippen LogP contribution in [0.25, 0.3) is 0 Å². The van der Waals surface area contributed by atoms with Gasteiger partial charge in [-0.2, -0.15) is 0 Å². The van der Waals surface area contributed by atoms with E-state index in [1.54, 1.807) is 0 Å². The quantitative estimate of drug-likeness (QED) is 0.412. The van der Waals surface area contributed by atoms with Crippen molar-refractivity contribution >= 4 is 23.0 Å². The second kappa shape index (κ2) is 3.81. The Kier molecular flexibility index (Phi) is 2.70. The van der Waals surface area contributed by atoms with Gasteiger partial charge in [-0.1, -0.05) is 0 Å². The molecule has 1 rings (SSSR count). The van der Waals surface area contributed by atoms with E-state index in [9.17, 15) is 30.1 Å². The summed E-state index contributed by atoms with van der Waals surface area (Å²) in [5, 5.41) is 31.4. The largest absolute Gasteiger partial charge is 0.545 e. The van der Waals surface area contributed by atoms with E-state index in [4.69, 9.17) is 5.73 Å². The van der Waals surface area contributed by atoms with Crippen LogP contribution in [-0.4, -0.2) is 15.8 Å². The molecule has 84 valence electrons. The first-order valence-electron chi connectivity index (χ1n) is 3.78. The number of benzene rings is 1. The van der Waals surface area contributed by atoms with Crippen molar-refractivity contribution < 1.29 is 19.7 Å². The predicted octanol–water partition coefficient (Wildman–Crippen LogP) is -0.551. The van der Waals surface area contributed by atoms with Crippen molar-refractivity contribution in [2.75, 3.05) is 5.73 Å². The Morgan fingerprint density at radius 3 is 1.75 bits per heavy atom. The predicted molar refractivity (Wildman–Crippen MR) is 48.5 cm³/mol. The van der Waals surface area contributed by atoms with Crippen LogP contribution in [0.3, 0.4) is 0 Å². The van der Waals surface area contributed by atoms with Gasteiger partial charge < -0.3 is 15.6 Å². The lowest BCUT2D eigenvalue weighted by Crippen LogP contribution is -2.22. The number of nitrogens with two attached hydrogens (primary N) is 1. The molecule has 0 aromatic heterocycles. The Hall–Kier alpha value is -2.71. The number of nitrogens with zero attached hydrogens (tertiary/aromatic N) is 2. The van der Waals surface area contributed by atoms with E-state index in [2.05, 4.69) is 0 Å². The molecule has 9 heteroatoms. The molecule has 0 aliphatic rings. The number of anilines is 1. The van der Waals surface area contributed by atoms with Crippen LogP contribution in [0.2, 0.25) is 0 Å². The Morgan fingerprint density at radius 2 is 1.50 bits per heavy atom. The standard InChI is InChI=1S/C7H5N3O6/c8-6-4(9(13)14)1-3(7(11)12)2-5(6)10(15)16/h1-2H,8H2,(H,11,12)/p-1. The Balaban J connectivity index is 3.57. The number of carbonyl (C=O) groups excluding carboxylic acids is 1. The molecule has 0 fully saturated rings. The van der Waals surface area contributed by atoms with Crippen LogP contribution in [0.1, 0.15) is 10.4 Å². The van der Waals surface area contributed by atoms with Gasteiger partial charge in [0.25, 0.3) is 11.4 Å². The van der Waals surface area contributed by atoms with E-state index in [-0.39, 0.29) is 0 Å². The van der Waals surface area contributed by atoms with Crippen LogP contribution in [0, 0.1) is 20.2 Å². The van der Waals surface area contributed by atoms with Crippen molar-refractivity contribution in [1.29, 1.82) is 0 Å². The maximum absolute atomic E-state index is 10.5. The first kappa shape index (κ1) is 11.4. The minimum Gasteiger partial charge on any atom is -0.545 e. The molecule has 1 aromatic carbocycles. The monoisotopic (exact) mass is 226 g/mol. The summed E-state index contributed by atoms with van der Waals surface area (Å²) in [5.74, 6) is -1.76. The van der Waals surface area contributed by atoms with Crippen molar-refractivity contribution in [3.05, 3.63) is 37.9 Å². The number of hydrogen-bond donors (Lipinski definition) is 1. The van der Waals surface area contributed by atoms with Gasteiger partial charge in [0.15, 0.2) is 5.69 Å². The number of nitro groups is 2. The zero-order valence-corrected chi connectivity index (χ0v) is 7.58. The van der Waals surface area contributed by atoms with Gasteiger partial charge in [0.2, 0.25) is 0 Å². The normalized spacial score (nSPS) is 9.75. The van der Waals surface area contributed by atoms with Crippen LogP contribution in [0.5, 0.6) is 0 Å². The van der Waals surface area contributed by atoms with Crippen molar-refractivity contribution in [3.63, 3.8) is 0 Å². The highest BCUT2D eigenvalue weighted by molar-refractivity contribution is 5.90. The first-order chi connectivity index (χ1) is 7.34. The van der Waals surface area contributed by atoms with E-state index >= 15 is 0 Å². The summed E-state index contributed by atoms with van der Waals surface area (Å²) in [6.45, 7) is 0. The number of rotatable bonds is 3. The molecule has 0 atom stereocenters. The van der Waals surface area contributed by atoms with Gasteiger partial charge in [-0.3, -0.25) is 20.2 Å². The summed E-state index contributed by atoms with van der Waals surface area (Å²) in [4.78, 5) is 29.4. The summed E-state index contributed by atoms with van der Waals surface area (Å²) in [7, 11) is 0. The third-order valence-electron chi connectivity index (χ3n) is 1.77. The van der Waals surface area contributed by atoms with Gasteiger partial charge in [-0.15, -0.1) is 0 Å². The van der Waals surface area contributed by atoms with Crippen LogP contribution in [-0.2, 0) is 0 Å². The maximum atomic E-state index is 10.5. The van der Waals surface area contributed by atoms with Crippen LogP contribution in [0.4, 0.5) is 17.1 Å². The number of aromatic carboxylic acids is 1. The molecule has 0 saturated heterocycles. The summed E-state index contributed by atoms with van der Waals surface area (Å²) in [6.07, 6.45) is 0. The van der Waals surface area contributed by atoms with Crippen LogP contribution in [0.15, 0.2) is 12.1 Å². The van der Waals surface area contributed by atoms with E-state index in [1.807, 2.05) is 0 Å². The number of nitrogen functional groups attached to an aromatic ring is 1. The molecule has 0 saturated carbocycles. The Labute approximate surface area is 87.4 Å². The first-order valence-corrected chi connectivity index (χ1v) is 3.78. The number of hydrogen-bond acceptors (Lipinski definition) is 7. The van der Waals surface area contributed by atoms with Crippen molar-refractivity contribution in [1.82, 2.24) is 0 Å². The molecule has 0 aliphatic heterocycles. The summed E-state index contributed by atoms with van der Waals surface area (Å²) in [5.41, 5.74) is 2.11. The fraction of sp³-hybridized carbons (Fsp3) is 0. The van der Waals surface area contributed by atoms with Gasteiger partial charge >= 0.3 is 0 Å². The smallest absolute Gasteiger partial charge is 0.299 e. The number of carboxylic acid groups (broad SMARTS) is 1. The second-order valence-electron chi connectivity index (χ2n) is 2.73. The average molecular weight is 226 g/mol. The number of nitro benzene ring substituents is 2. The second-order valence-corrected chi connectivity index (χ2v) is 2.73. The molecule has 0 aliphatic carbocycles. The Bertz CT molecular complexity index is 462. The van der Waals surface area contributed by atoms with Gasteiger partial charge in [0.05, 0.1) is 15.8 Å². The number of carboxylic acids is 1. The van der Waals surface area contributed by atoms with Gasteiger partial charge in [-0.25, -0.2) is 0 Å². The molecule has 9 nitrogen and oxygen atoms in total. The summed E-state index contributed by atoms with van der Waals surface area (Å²) in [6, 6.07) is 1.22. The van der Waals surface area contributed by atoms with E-state index in [1.165, 1.54) is 0 Å². The molecule has 0 radical (unpaired) electrons. The topological polar surface area (TPSA) is 152 Å². The molecule has 0 spiro atoms. The molecule has 16 heavy (non-hydrogen) atoms. The summed E-state index contributed by atoms with van der Waals surface area (Å²) < 4.78 is 0. The van der Waals surface area contributed by atoms with Crippen molar-refractivity contribution in [2.45, 2.75) is 0 Å². The van der Waals surface area contributed by atoms with E-state index in [0.717, 1.165) is 0 Å². The highest BCUT2D eigenvalue weighted by atomic mass is 16.6. The van der Waals surface area contributed by atoms with E-state index < -0.39 is 38.4 Å². The lowest BCUT2D eigenvalue weighted by Gasteiger charge is -2.04. The average Bonchev–Trinajstić information content (AvgIpc) is 2.16. The molecule has 0 amide bonds. The molecule has 0 bridgehead atoms. The molecule has 0 heterocycles. The molecule has 0 unspecified atom stereocenters. The van der Waals surface area contributed by atoms with Gasteiger partial charge in [0.1, 0.15) is 0 Å². The van der Waals surface area contributed by atoms with Crippen molar-refractivity contribution in [2.24, 2.45) is 0 Å². The lowest BCUT2D eigenvalue weighted by molar-refractivity contribution is -0.392. The summed E-state index contributed by atoms with van der Waals surface area (Å²) >= 11 is 0.